The maximum Gasteiger partial charge on any atom is 0.216 e. The normalized spacial score (nSPS) is 11.2. The fourth-order valence-corrected chi connectivity index (χ4v) is 1.99. The predicted octanol–water partition coefficient (Wildman–Crippen LogP) is 0.778. The lowest BCUT2D eigenvalue weighted by atomic mass is 10.2. The third kappa shape index (κ3) is 3.71. The van der Waals surface area contributed by atoms with E-state index in [1.165, 1.54) is 5.56 Å². The highest BCUT2D eigenvalue weighted by Crippen LogP contribution is 2.22. The molecule has 0 aliphatic carbocycles. The predicted molar refractivity (Wildman–Crippen MR) is 69.4 cm³/mol. The van der Waals surface area contributed by atoms with Crippen molar-refractivity contribution >= 4 is 0 Å². The first-order valence-corrected chi connectivity index (χ1v) is 5.99. The summed E-state index contributed by atoms with van der Waals surface area (Å²) in [6.07, 6.45) is 1.15. The fraction of sp³-hybridized carbons (Fsp3) is 0.750. The van der Waals surface area contributed by atoms with Crippen molar-refractivity contribution in [1.29, 1.82) is 0 Å². The second-order valence-electron chi connectivity index (χ2n) is 4.39. The Hall–Kier alpha value is -1.07. The molecule has 98 valence electrons. The van der Waals surface area contributed by atoms with E-state index >= 15 is 0 Å². The van der Waals surface area contributed by atoms with E-state index in [9.17, 15) is 0 Å². The third-order valence-electron chi connectivity index (χ3n) is 2.88. The number of hydrogen-bond donors (Lipinski definition) is 1. The van der Waals surface area contributed by atoms with Gasteiger partial charge in [-0.15, -0.1) is 0 Å². The Morgan fingerprint density at radius 2 is 2.18 bits per heavy atom. The zero-order valence-electron chi connectivity index (χ0n) is 11.6. The van der Waals surface area contributed by atoms with E-state index in [1.807, 2.05) is 21.0 Å². The minimum atomic E-state index is 0.864. The first-order chi connectivity index (χ1) is 8.10. The van der Waals surface area contributed by atoms with Gasteiger partial charge in [0.05, 0.1) is 18.4 Å². The molecule has 0 atom stereocenters. The Morgan fingerprint density at radius 1 is 1.47 bits per heavy atom. The summed E-state index contributed by atoms with van der Waals surface area (Å²) in [7, 11) is 7.72. The van der Waals surface area contributed by atoms with Crippen molar-refractivity contribution in [3.8, 4) is 5.88 Å². The molecule has 5 nitrogen and oxygen atoms in total. The molecule has 0 radical (unpaired) electrons. The van der Waals surface area contributed by atoms with Gasteiger partial charge in [0, 0.05) is 13.6 Å². The maximum atomic E-state index is 5.38. The lowest BCUT2D eigenvalue weighted by Crippen LogP contribution is -2.22. The lowest BCUT2D eigenvalue weighted by molar-refractivity contribution is 0.307. The van der Waals surface area contributed by atoms with Gasteiger partial charge in [0.1, 0.15) is 0 Å². The summed E-state index contributed by atoms with van der Waals surface area (Å²) in [6.45, 7) is 5.03. The molecule has 1 aromatic rings. The zero-order chi connectivity index (χ0) is 12.8. The molecule has 1 heterocycles. The van der Waals surface area contributed by atoms with Crippen LogP contribution in [-0.4, -0.2) is 49.0 Å². The summed E-state index contributed by atoms with van der Waals surface area (Å²) in [5, 5.41) is 7.54. The van der Waals surface area contributed by atoms with Crippen LogP contribution in [0.1, 0.15) is 17.7 Å². The number of hydrogen-bond acceptors (Lipinski definition) is 4. The number of ether oxygens (including phenoxy) is 1. The maximum absolute atomic E-state index is 5.38. The summed E-state index contributed by atoms with van der Waals surface area (Å²) < 4.78 is 7.18. The second kappa shape index (κ2) is 6.61. The SMILES string of the molecule is CNCCCN(C)Cc1c(C)nn(C)c1OC. The highest BCUT2D eigenvalue weighted by molar-refractivity contribution is 5.30. The van der Waals surface area contributed by atoms with Crippen molar-refractivity contribution in [3.63, 3.8) is 0 Å². The van der Waals surface area contributed by atoms with E-state index in [4.69, 9.17) is 4.74 Å². The average Bonchev–Trinajstić information content (AvgIpc) is 2.54. The van der Waals surface area contributed by atoms with Gasteiger partial charge in [-0.25, -0.2) is 4.68 Å². The molecule has 1 N–H and O–H groups in total. The van der Waals surface area contributed by atoms with Gasteiger partial charge < -0.3 is 15.0 Å². The fourth-order valence-electron chi connectivity index (χ4n) is 1.99. The molecule has 0 spiro atoms. The van der Waals surface area contributed by atoms with E-state index in [1.54, 1.807) is 11.8 Å². The Bertz CT molecular complexity index is 349. The van der Waals surface area contributed by atoms with Gasteiger partial charge in [0.2, 0.25) is 5.88 Å². The van der Waals surface area contributed by atoms with Gasteiger partial charge in [0.25, 0.3) is 0 Å². The molecule has 17 heavy (non-hydrogen) atoms. The Kier molecular flexibility index (Phi) is 5.44. The summed E-state index contributed by atoms with van der Waals surface area (Å²) in [5.74, 6) is 0.864. The Labute approximate surface area is 104 Å². The minimum absolute atomic E-state index is 0.864. The molecule has 1 rings (SSSR count). The highest BCUT2D eigenvalue weighted by atomic mass is 16.5. The first kappa shape index (κ1) is 14.0. The summed E-state index contributed by atoms with van der Waals surface area (Å²) >= 11 is 0. The summed E-state index contributed by atoms with van der Waals surface area (Å²) in [5.41, 5.74) is 2.23. The van der Waals surface area contributed by atoms with Crippen LogP contribution >= 0.6 is 0 Å². The molecule has 0 saturated carbocycles. The van der Waals surface area contributed by atoms with Crippen molar-refractivity contribution in [2.45, 2.75) is 19.9 Å². The van der Waals surface area contributed by atoms with Crippen LogP contribution in [0.15, 0.2) is 0 Å². The smallest absolute Gasteiger partial charge is 0.216 e. The second-order valence-corrected chi connectivity index (χ2v) is 4.39. The van der Waals surface area contributed by atoms with Crippen LogP contribution in [0.4, 0.5) is 0 Å². The molecule has 0 aromatic carbocycles. The minimum Gasteiger partial charge on any atom is -0.481 e. The van der Waals surface area contributed by atoms with Crippen LogP contribution in [0.25, 0.3) is 0 Å². The number of aromatic nitrogens is 2. The van der Waals surface area contributed by atoms with Crippen LogP contribution in [0.2, 0.25) is 0 Å². The average molecular weight is 240 g/mol. The van der Waals surface area contributed by atoms with E-state index in [0.717, 1.165) is 37.6 Å². The number of methoxy groups -OCH3 is 1. The van der Waals surface area contributed by atoms with Gasteiger partial charge in [-0.2, -0.15) is 5.10 Å². The molecule has 1 aromatic heterocycles. The molecule has 0 aliphatic rings. The van der Waals surface area contributed by atoms with Gasteiger partial charge in [0.15, 0.2) is 0 Å². The molecule has 0 saturated heterocycles. The molecule has 0 fully saturated rings. The third-order valence-corrected chi connectivity index (χ3v) is 2.88. The summed E-state index contributed by atoms with van der Waals surface area (Å²) in [4.78, 5) is 2.30. The standard InChI is InChI=1S/C12H24N4O/c1-10-11(12(17-5)16(4)14-10)9-15(3)8-6-7-13-2/h13H,6-9H2,1-5H3. The molecule has 0 unspecified atom stereocenters. The number of nitrogens with zero attached hydrogens (tertiary/aromatic N) is 3. The van der Waals surface area contributed by atoms with Crippen molar-refractivity contribution in [2.75, 3.05) is 34.3 Å². The number of rotatable bonds is 7. The number of aryl methyl sites for hydroxylation is 2. The monoisotopic (exact) mass is 240 g/mol. The quantitative estimate of drug-likeness (QED) is 0.715. The van der Waals surface area contributed by atoms with E-state index in [-0.39, 0.29) is 0 Å². The molecule has 0 bridgehead atoms. The van der Waals surface area contributed by atoms with Gasteiger partial charge in [-0.1, -0.05) is 0 Å². The van der Waals surface area contributed by atoms with Gasteiger partial charge in [-0.3, -0.25) is 0 Å². The molecule has 5 heteroatoms. The van der Waals surface area contributed by atoms with Gasteiger partial charge in [-0.05, 0) is 40.5 Å². The zero-order valence-corrected chi connectivity index (χ0v) is 11.6. The topological polar surface area (TPSA) is 42.3 Å². The van der Waals surface area contributed by atoms with Gasteiger partial charge >= 0.3 is 0 Å². The Balaban J connectivity index is 2.61. The van der Waals surface area contributed by atoms with Crippen molar-refractivity contribution in [1.82, 2.24) is 20.0 Å². The van der Waals surface area contributed by atoms with E-state index in [0.29, 0.717) is 0 Å². The largest absolute Gasteiger partial charge is 0.481 e. The van der Waals surface area contributed by atoms with Crippen molar-refractivity contribution < 1.29 is 4.74 Å². The van der Waals surface area contributed by atoms with Crippen LogP contribution in [0, 0.1) is 6.92 Å². The molecular weight excluding hydrogens is 216 g/mol. The van der Waals surface area contributed by atoms with Crippen LogP contribution in [0.3, 0.4) is 0 Å². The van der Waals surface area contributed by atoms with Crippen LogP contribution < -0.4 is 10.1 Å². The Morgan fingerprint density at radius 3 is 2.76 bits per heavy atom. The molecule has 0 amide bonds. The molecular formula is C12H24N4O. The van der Waals surface area contributed by atoms with Crippen molar-refractivity contribution in [3.05, 3.63) is 11.3 Å². The van der Waals surface area contributed by atoms with E-state index in [2.05, 4.69) is 22.4 Å². The highest BCUT2D eigenvalue weighted by Gasteiger charge is 2.15. The van der Waals surface area contributed by atoms with Crippen LogP contribution in [0.5, 0.6) is 5.88 Å². The van der Waals surface area contributed by atoms with Crippen LogP contribution in [-0.2, 0) is 13.6 Å². The van der Waals surface area contributed by atoms with E-state index < -0.39 is 0 Å². The number of nitrogens with one attached hydrogen (secondary N) is 1. The van der Waals surface area contributed by atoms with Crippen molar-refractivity contribution in [2.24, 2.45) is 7.05 Å². The first-order valence-electron chi connectivity index (χ1n) is 5.99. The lowest BCUT2D eigenvalue weighted by Gasteiger charge is -2.16. The summed E-state index contributed by atoms with van der Waals surface area (Å²) in [6, 6.07) is 0. The molecule has 0 aliphatic heterocycles.